The van der Waals surface area contributed by atoms with E-state index in [1.807, 2.05) is 30.3 Å². The average molecular weight is 359 g/mol. The smallest absolute Gasteiger partial charge is 0.153 e. The Morgan fingerprint density at radius 1 is 1.04 bits per heavy atom. The fourth-order valence-electron chi connectivity index (χ4n) is 2.88. The van der Waals surface area contributed by atoms with Crippen molar-refractivity contribution in [3.05, 3.63) is 65.2 Å². The van der Waals surface area contributed by atoms with Crippen LogP contribution in [-0.4, -0.2) is 43.5 Å². The van der Waals surface area contributed by atoms with Crippen molar-refractivity contribution in [1.29, 1.82) is 0 Å². The Morgan fingerprint density at radius 2 is 1.80 bits per heavy atom. The molecule has 3 rings (SSSR count). The highest BCUT2D eigenvalue weighted by Gasteiger charge is 2.17. The predicted octanol–water partition coefficient (Wildman–Crippen LogP) is 2.95. The van der Waals surface area contributed by atoms with Crippen molar-refractivity contribution in [1.82, 2.24) is 4.90 Å². The predicted molar refractivity (Wildman–Crippen MR) is 103 cm³/mol. The summed E-state index contributed by atoms with van der Waals surface area (Å²) in [5.41, 5.74) is 8.23. The van der Waals surface area contributed by atoms with Gasteiger partial charge in [0.15, 0.2) is 5.84 Å². The van der Waals surface area contributed by atoms with Gasteiger partial charge in [-0.1, -0.05) is 47.1 Å². The second-order valence-corrected chi connectivity index (χ2v) is 6.52. The molecule has 0 aliphatic carbocycles. The monoisotopic (exact) mass is 358 g/mol. The minimum Gasteiger partial charge on any atom is -0.389 e. The molecule has 2 N–H and O–H groups in total. The zero-order chi connectivity index (χ0) is 17.5. The van der Waals surface area contributed by atoms with E-state index in [4.69, 9.17) is 22.2 Å². The first kappa shape index (κ1) is 17.6. The van der Waals surface area contributed by atoms with Crippen LogP contribution in [0.15, 0.2) is 59.8 Å². The summed E-state index contributed by atoms with van der Waals surface area (Å²) in [7, 11) is 0. The topological polar surface area (TPSA) is 54.1 Å². The van der Waals surface area contributed by atoms with E-state index in [1.54, 1.807) is 0 Å². The highest BCUT2D eigenvalue weighted by molar-refractivity contribution is 6.30. The summed E-state index contributed by atoms with van der Waals surface area (Å²) in [4.78, 5) is 10.0. The molecule has 0 spiro atoms. The van der Waals surface area contributed by atoms with Crippen molar-refractivity contribution in [3.63, 3.8) is 0 Å². The first-order chi connectivity index (χ1) is 12.2. The second kappa shape index (κ2) is 8.74. The molecule has 0 unspecified atom stereocenters. The Labute approximate surface area is 153 Å². The molecule has 0 saturated carbocycles. The lowest BCUT2D eigenvalue weighted by atomic mass is 10.2. The van der Waals surface area contributed by atoms with Gasteiger partial charge in [-0.2, -0.15) is 0 Å². The van der Waals surface area contributed by atoms with Crippen LogP contribution in [0.3, 0.4) is 0 Å². The molecule has 0 bridgehead atoms. The van der Waals surface area contributed by atoms with E-state index in [-0.39, 0.29) is 0 Å². The number of anilines is 1. The number of para-hydroxylation sites is 1. The lowest BCUT2D eigenvalue weighted by Gasteiger charge is -2.35. The zero-order valence-corrected chi connectivity index (χ0v) is 14.9. The first-order valence-electron chi connectivity index (χ1n) is 8.42. The van der Waals surface area contributed by atoms with Gasteiger partial charge in [-0.25, -0.2) is 0 Å². The third-order valence-corrected chi connectivity index (χ3v) is 4.42. The lowest BCUT2D eigenvalue weighted by molar-refractivity contribution is 0.128. The molecule has 5 nitrogen and oxygen atoms in total. The van der Waals surface area contributed by atoms with Crippen LogP contribution in [0.5, 0.6) is 0 Å². The van der Waals surface area contributed by atoms with Gasteiger partial charge in [-0.05, 0) is 29.8 Å². The third kappa shape index (κ3) is 5.37. The standard InChI is InChI=1S/C19H23ClN4O/c20-17-6-4-5-16(13-17)15-25-22-19(21)14-23-9-11-24(12-10-23)18-7-2-1-3-8-18/h1-8,13H,9-12,14-15H2,(H2,21,22). The highest BCUT2D eigenvalue weighted by atomic mass is 35.5. The van der Waals surface area contributed by atoms with E-state index in [9.17, 15) is 0 Å². The number of rotatable bonds is 6. The summed E-state index contributed by atoms with van der Waals surface area (Å²) in [6.45, 7) is 4.88. The number of hydrogen-bond donors (Lipinski definition) is 1. The number of piperazine rings is 1. The van der Waals surface area contributed by atoms with Crippen molar-refractivity contribution >= 4 is 23.1 Å². The molecule has 0 aromatic heterocycles. The van der Waals surface area contributed by atoms with Crippen molar-refractivity contribution < 1.29 is 4.84 Å². The first-order valence-corrected chi connectivity index (χ1v) is 8.79. The quantitative estimate of drug-likeness (QED) is 0.490. The molecule has 132 valence electrons. The average Bonchev–Trinajstić information content (AvgIpc) is 2.63. The fraction of sp³-hybridized carbons (Fsp3) is 0.316. The van der Waals surface area contributed by atoms with Crippen LogP contribution in [0.2, 0.25) is 5.02 Å². The Hall–Kier alpha value is -2.24. The molecule has 0 radical (unpaired) electrons. The van der Waals surface area contributed by atoms with Crippen LogP contribution in [-0.2, 0) is 11.4 Å². The Morgan fingerprint density at radius 3 is 2.52 bits per heavy atom. The van der Waals surface area contributed by atoms with Crippen LogP contribution in [0.25, 0.3) is 0 Å². The number of benzene rings is 2. The molecule has 1 saturated heterocycles. The van der Waals surface area contributed by atoms with Crippen molar-refractivity contribution in [2.75, 3.05) is 37.6 Å². The molecule has 1 heterocycles. The van der Waals surface area contributed by atoms with Crippen LogP contribution < -0.4 is 10.6 Å². The Kier molecular flexibility index (Phi) is 6.14. The van der Waals surface area contributed by atoms with E-state index in [2.05, 4.69) is 39.2 Å². The minimum atomic E-state index is 0.364. The van der Waals surface area contributed by atoms with Crippen LogP contribution in [0.4, 0.5) is 5.69 Å². The van der Waals surface area contributed by atoms with E-state index in [0.29, 0.717) is 24.0 Å². The fourth-order valence-corrected chi connectivity index (χ4v) is 3.09. The highest BCUT2D eigenvalue weighted by Crippen LogP contribution is 2.15. The molecule has 6 heteroatoms. The number of nitrogens with two attached hydrogens (primary N) is 1. The molecule has 1 fully saturated rings. The number of nitrogens with zero attached hydrogens (tertiary/aromatic N) is 3. The maximum absolute atomic E-state index is 5.99. The van der Waals surface area contributed by atoms with Gasteiger partial charge in [0.25, 0.3) is 0 Å². The summed E-state index contributed by atoms with van der Waals surface area (Å²) >= 11 is 5.94. The van der Waals surface area contributed by atoms with Gasteiger partial charge < -0.3 is 15.5 Å². The molecular formula is C19H23ClN4O. The normalized spacial score (nSPS) is 16.0. The van der Waals surface area contributed by atoms with Gasteiger partial charge in [-0.15, -0.1) is 0 Å². The summed E-state index contributed by atoms with van der Waals surface area (Å²) in [5, 5.41) is 4.71. The maximum Gasteiger partial charge on any atom is 0.153 e. The van der Waals surface area contributed by atoms with Crippen molar-refractivity contribution in [2.24, 2.45) is 10.9 Å². The minimum absolute atomic E-state index is 0.364. The van der Waals surface area contributed by atoms with Gasteiger partial charge >= 0.3 is 0 Å². The molecule has 1 aliphatic heterocycles. The zero-order valence-electron chi connectivity index (χ0n) is 14.1. The molecule has 2 aromatic rings. The summed E-state index contributed by atoms with van der Waals surface area (Å²) in [5.74, 6) is 0.496. The number of hydrogen-bond acceptors (Lipinski definition) is 4. The Bertz CT molecular complexity index is 700. The van der Waals surface area contributed by atoms with Gasteiger partial charge in [-0.3, -0.25) is 4.90 Å². The van der Waals surface area contributed by atoms with E-state index in [1.165, 1.54) is 5.69 Å². The maximum atomic E-state index is 5.99. The second-order valence-electron chi connectivity index (χ2n) is 6.08. The largest absolute Gasteiger partial charge is 0.389 e. The number of amidine groups is 1. The molecule has 0 amide bonds. The van der Waals surface area contributed by atoms with Gasteiger partial charge in [0.1, 0.15) is 6.61 Å². The molecule has 25 heavy (non-hydrogen) atoms. The summed E-state index contributed by atoms with van der Waals surface area (Å²) < 4.78 is 0. The van der Waals surface area contributed by atoms with Crippen LogP contribution in [0, 0.1) is 0 Å². The van der Waals surface area contributed by atoms with Crippen LogP contribution >= 0.6 is 11.6 Å². The number of halogens is 1. The summed E-state index contributed by atoms with van der Waals surface area (Å²) in [6.07, 6.45) is 0. The molecule has 0 atom stereocenters. The molecule has 1 aliphatic rings. The van der Waals surface area contributed by atoms with Gasteiger partial charge in [0, 0.05) is 36.9 Å². The SMILES string of the molecule is NC(CN1CCN(c2ccccc2)CC1)=NOCc1cccc(Cl)c1. The van der Waals surface area contributed by atoms with Gasteiger partial charge in [0.2, 0.25) is 0 Å². The molecule has 2 aromatic carbocycles. The third-order valence-electron chi connectivity index (χ3n) is 4.18. The van der Waals surface area contributed by atoms with Crippen molar-refractivity contribution in [3.8, 4) is 0 Å². The summed E-state index contributed by atoms with van der Waals surface area (Å²) in [6, 6.07) is 18.0. The van der Waals surface area contributed by atoms with E-state index in [0.717, 1.165) is 31.7 Å². The van der Waals surface area contributed by atoms with Gasteiger partial charge in [0.05, 0.1) is 6.54 Å². The van der Waals surface area contributed by atoms with E-state index >= 15 is 0 Å². The molecular weight excluding hydrogens is 336 g/mol. The Balaban J connectivity index is 1.42. The van der Waals surface area contributed by atoms with E-state index < -0.39 is 0 Å². The van der Waals surface area contributed by atoms with Crippen molar-refractivity contribution in [2.45, 2.75) is 6.61 Å². The lowest BCUT2D eigenvalue weighted by Crippen LogP contribution is -2.49. The van der Waals surface area contributed by atoms with Crippen LogP contribution in [0.1, 0.15) is 5.56 Å². The number of oxime groups is 1.